The zero-order chi connectivity index (χ0) is 12.2. The van der Waals surface area contributed by atoms with Gasteiger partial charge in [-0.15, -0.1) is 0 Å². The average Bonchev–Trinajstić information content (AvgIpc) is 2.64. The molecule has 0 radical (unpaired) electrons. The van der Waals surface area contributed by atoms with Gasteiger partial charge in [-0.2, -0.15) is 0 Å². The van der Waals surface area contributed by atoms with Crippen molar-refractivity contribution in [3.05, 3.63) is 0 Å². The molecule has 0 saturated heterocycles. The van der Waals surface area contributed by atoms with E-state index in [0.717, 1.165) is 11.5 Å². The van der Waals surface area contributed by atoms with E-state index in [1.165, 1.54) is 32.1 Å². The Balaban J connectivity index is 2.45. The normalized spacial score (nSPS) is 26.6. The highest BCUT2D eigenvalue weighted by Gasteiger charge is 2.36. The Morgan fingerprint density at radius 1 is 1.12 bits per heavy atom. The third-order valence-electron chi connectivity index (χ3n) is 3.80. The first-order chi connectivity index (χ1) is 7.48. The Morgan fingerprint density at radius 3 is 2.25 bits per heavy atom. The molecule has 0 aromatic carbocycles. The van der Waals surface area contributed by atoms with E-state index < -0.39 is 9.28 Å². The summed E-state index contributed by atoms with van der Waals surface area (Å²) >= 11 is 0. The van der Waals surface area contributed by atoms with Crippen LogP contribution in [0.2, 0.25) is 5.54 Å². The summed E-state index contributed by atoms with van der Waals surface area (Å²) < 4.78 is 11.1. The van der Waals surface area contributed by atoms with Gasteiger partial charge in [0.2, 0.25) is 0 Å². The summed E-state index contributed by atoms with van der Waals surface area (Å²) in [6.45, 7) is 7.00. The molecule has 2 nitrogen and oxygen atoms in total. The molecule has 16 heavy (non-hydrogen) atoms. The Kier molecular flexibility index (Phi) is 5.48. The van der Waals surface area contributed by atoms with Crippen molar-refractivity contribution in [2.75, 3.05) is 14.2 Å². The van der Waals surface area contributed by atoms with E-state index >= 15 is 0 Å². The molecular formula is C13H28O2Si. The molecule has 3 heteroatoms. The molecule has 0 amide bonds. The molecule has 0 N–H and O–H groups in total. The standard InChI is InChI=1S/C13H28O2Si/c1-13(2,3)10-9-11-7-6-8-12(11)16(14-4)15-5/h11-12,16H,6-10H2,1-5H3. The van der Waals surface area contributed by atoms with Crippen LogP contribution in [0, 0.1) is 11.3 Å². The summed E-state index contributed by atoms with van der Waals surface area (Å²) in [5.41, 5.74) is 1.21. The lowest BCUT2D eigenvalue weighted by Gasteiger charge is -2.27. The lowest BCUT2D eigenvalue weighted by Crippen LogP contribution is -2.29. The molecule has 2 atom stereocenters. The molecule has 1 rings (SSSR count). The van der Waals surface area contributed by atoms with Gasteiger partial charge in [0.25, 0.3) is 0 Å². The Labute approximate surface area is 103 Å². The van der Waals surface area contributed by atoms with Crippen LogP contribution in [0.1, 0.15) is 52.9 Å². The van der Waals surface area contributed by atoms with E-state index in [9.17, 15) is 0 Å². The molecule has 96 valence electrons. The molecule has 0 aromatic heterocycles. The maximum atomic E-state index is 5.56. The third-order valence-corrected chi connectivity index (χ3v) is 6.30. The van der Waals surface area contributed by atoms with Gasteiger partial charge in [0, 0.05) is 19.8 Å². The zero-order valence-corrected chi connectivity index (χ0v) is 12.7. The van der Waals surface area contributed by atoms with Gasteiger partial charge in [0.15, 0.2) is 0 Å². The lowest BCUT2D eigenvalue weighted by atomic mass is 9.86. The Hall–Kier alpha value is 0.137. The van der Waals surface area contributed by atoms with Crippen LogP contribution in [-0.4, -0.2) is 23.5 Å². The summed E-state index contributed by atoms with van der Waals surface area (Å²) in [5, 5.41) is 0. The van der Waals surface area contributed by atoms with Crippen molar-refractivity contribution in [3.63, 3.8) is 0 Å². The molecule has 1 saturated carbocycles. The maximum Gasteiger partial charge on any atom is 0.324 e. The molecule has 1 aliphatic rings. The summed E-state index contributed by atoms with van der Waals surface area (Å²) in [6.07, 6.45) is 6.76. The topological polar surface area (TPSA) is 18.5 Å². The van der Waals surface area contributed by atoms with E-state index in [2.05, 4.69) is 20.8 Å². The van der Waals surface area contributed by atoms with Crippen molar-refractivity contribution in [1.29, 1.82) is 0 Å². The molecule has 1 aliphatic carbocycles. The molecule has 0 bridgehead atoms. The molecule has 0 spiro atoms. The number of rotatable bonds is 5. The minimum Gasteiger partial charge on any atom is -0.400 e. The smallest absolute Gasteiger partial charge is 0.324 e. The fraction of sp³-hybridized carbons (Fsp3) is 1.00. The van der Waals surface area contributed by atoms with E-state index in [-0.39, 0.29) is 0 Å². The minimum atomic E-state index is -1.39. The van der Waals surface area contributed by atoms with Gasteiger partial charge in [-0.25, -0.2) is 0 Å². The summed E-state index contributed by atoms with van der Waals surface area (Å²) in [7, 11) is 2.25. The monoisotopic (exact) mass is 244 g/mol. The first-order valence-electron chi connectivity index (χ1n) is 6.53. The van der Waals surface area contributed by atoms with Gasteiger partial charge in [-0.3, -0.25) is 0 Å². The molecule has 0 heterocycles. The van der Waals surface area contributed by atoms with Gasteiger partial charge in [-0.05, 0) is 30.6 Å². The van der Waals surface area contributed by atoms with E-state index in [1.54, 1.807) is 0 Å². The summed E-state index contributed by atoms with van der Waals surface area (Å²) in [6, 6.07) is 0. The molecule has 0 aromatic rings. The van der Waals surface area contributed by atoms with Crippen LogP contribution in [-0.2, 0) is 8.85 Å². The minimum absolute atomic E-state index is 0.463. The van der Waals surface area contributed by atoms with E-state index in [0.29, 0.717) is 5.41 Å². The second-order valence-corrected chi connectivity index (χ2v) is 8.83. The highest BCUT2D eigenvalue weighted by atomic mass is 28.3. The third kappa shape index (κ3) is 4.19. The Bertz CT molecular complexity index is 197. The molecular weight excluding hydrogens is 216 g/mol. The lowest BCUT2D eigenvalue weighted by molar-refractivity contribution is 0.245. The fourth-order valence-electron chi connectivity index (χ4n) is 2.85. The largest absolute Gasteiger partial charge is 0.400 e. The second kappa shape index (κ2) is 6.17. The van der Waals surface area contributed by atoms with Gasteiger partial charge in [-0.1, -0.05) is 33.6 Å². The SMILES string of the molecule is CO[SiH](OC)C1CCCC1CCC(C)(C)C. The van der Waals surface area contributed by atoms with Crippen LogP contribution in [0.4, 0.5) is 0 Å². The van der Waals surface area contributed by atoms with Crippen LogP contribution < -0.4 is 0 Å². The predicted octanol–water partition coefficient (Wildman–Crippen LogP) is 3.50. The van der Waals surface area contributed by atoms with Crippen molar-refractivity contribution in [1.82, 2.24) is 0 Å². The van der Waals surface area contributed by atoms with E-state index in [4.69, 9.17) is 8.85 Å². The second-order valence-electron chi connectivity index (χ2n) is 6.29. The van der Waals surface area contributed by atoms with Gasteiger partial charge >= 0.3 is 9.28 Å². The Morgan fingerprint density at radius 2 is 1.75 bits per heavy atom. The molecule has 0 aliphatic heterocycles. The highest BCUT2D eigenvalue weighted by Crippen LogP contribution is 2.43. The first kappa shape index (κ1) is 14.2. The predicted molar refractivity (Wildman–Crippen MR) is 70.9 cm³/mol. The van der Waals surface area contributed by atoms with Crippen molar-refractivity contribution < 1.29 is 8.85 Å². The fourth-order valence-corrected chi connectivity index (χ4v) is 5.08. The first-order valence-corrected chi connectivity index (χ1v) is 8.14. The van der Waals surface area contributed by atoms with Crippen LogP contribution in [0.5, 0.6) is 0 Å². The van der Waals surface area contributed by atoms with Crippen molar-refractivity contribution in [3.8, 4) is 0 Å². The van der Waals surface area contributed by atoms with Crippen molar-refractivity contribution in [2.24, 2.45) is 11.3 Å². The van der Waals surface area contributed by atoms with E-state index in [1.807, 2.05) is 14.2 Å². The van der Waals surface area contributed by atoms with Crippen LogP contribution >= 0.6 is 0 Å². The quantitative estimate of drug-likeness (QED) is 0.689. The van der Waals surface area contributed by atoms with Crippen molar-refractivity contribution in [2.45, 2.75) is 58.4 Å². The molecule has 1 fully saturated rings. The van der Waals surface area contributed by atoms with Gasteiger partial charge in [0.05, 0.1) is 0 Å². The van der Waals surface area contributed by atoms with Crippen LogP contribution in [0.25, 0.3) is 0 Å². The van der Waals surface area contributed by atoms with Gasteiger partial charge in [0.1, 0.15) is 0 Å². The highest BCUT2D eigenvalue weighted by molar-refractivity contribution is 6.46. The summed E-state index contributed by atoms with van der Waals surface area (Å²) in [5.74, 6) is 0.857. The van der Waals surface area contributed by atoms with Crippen LogP contribution in [0.15, 0.2) is 0 Å². The van der Waals surface area contributed by atoms with Crippen molar-refractivity contribution >= 4 is 9.28 Å². The molecule has 2 unspecified atom stereocenters. The van der Waals surface area contributed by atoms with Gasteiger partial charge < -0.3 is 8.85 Å². The zero-order valence-electron chi connectivity index (χ0n) is 11.6. The number of hydrogen-bond acceptors (Lipinski definition) is 2. The average molecular weight is 244 g/mol. The maximum absolute atomic E-state index is 5.56. The summed E-state index contributed by atoms with van der Waals surface area (Å²) in [4.78, 5) is 0. The number of hydrogen-bond donors (Lipinski definition) is 0. The van der Waals surface area contributed by atoms with Crippen LogP contribution in [0.3, 0.4) is 0 Å².